The van der Waals surface area contributed by atoms with Gasteiger partial charge >= 0.3 is 5.25 Å². The Morgan fingerprint density at radius 3 is 2.27 bits per heavy atom. The van der Waals surface area contributed by atoms with Gasteiger partial charge in [0.1, 0.15) is 23.1 Å². The highest BCUT2D eigenvalue weighted by molar-refractivity contribution is 7.93. The molecule has 0 bridgehead atoms. The Morgan fingerprint density at radius 1 is 1.15 bits per heavy atom. The van der Waals surface area contributed by atoms with Crippen molar-refractivity contribution in [2.24, 2.45) is 0 Å². The average molecular weight is 387 g/mol. The lowest BCUT2D eigenvalue weighted by molar-refractivity contribution is -0.114. The molecule has 2 aromatic rings. The fourth-order valence-electron chi connectivity index (χ4n) is 2.70. The van der Waals surface area contributed by atoms with E-state index in [1.54, 1.807) is 0 Å². The van der Waals surface area contributed by atoms with E-state index in [1.807, 2.05) is 0 Å². The molecule has 0 saturated heterocycles. The summed E-state index contributed by atoms with van der Waals surface area (Å²) in [6.45, 7) is 7.75. The van der Waals surface area contributed by atoms with Crippen LogP contribution < -0.4 is 4.74 Å². The van der Waals surface area contributed by atoms with Gasteiger partial charge in [0.05, 0.1) is 11.5 Å². The summed E-state index contributed by atoms with van der Waals surface area (Å²) in [7, 11) is -5.23. The van der Waals surface area contributed by atoms with Gasteiger partial charge in [-0.05, 0) is 19.1 Å². The van der Waals surface area contributed by atoms with E-state index in [0.29, 0.717) is 13.0 Å². The van der Waals surface area contributed by atoms with E-state index in [-0.39, 0.29) is 5.75 Å². The second-order valence-corrected chi connectivity index (χ2v) is 7.66. The maximum atomic E-state index is 14.2. The van der Waals surface area contributed by atoms with Crippen molar-refractivity contribution in [3.63, 3.8) is 0 Å². The van der Waals surface area contributed by atoms with Crippen molar-refractivity contribution < 1.29 is 35.8 Å². The largest absolute Gasteiger partial charge is 0.468 e. The summed E-state index contributed by atoms with van der Waals surface area (Å²) < 4.78 is 84.1. The molecule has 5 nitrogen and oxygen atoms in total. The zero-order chi connectivity index (χ0) is 19.5. The summed E-state index contributed by atoms with van der Waals surface area (Å²) >= 11 is 0. The van der Waals surface area contributed by atoms with Crippen LogP contribution in [0.4, 0.5) is 23.2 Å². The lowest BCUT2D eigenvalue weighted by Gasteiger charge is -2.25. The molecule has 0 fully saturated rings. The van der Waals surface area contributed by atoms with Crippen LogP contribution in [0.3, 0.4) is 0 Å². The van der Waals surface area contributed by atoms with Gasteiger partial charge < -0.3 is 9.84 Å². The number of sulfone groups is 1. The fourth-order valence-corrected chi connectivity index (χ4v) is 4.41. The number of aliphatic hydroxyl groups is 1. The van der Waals surface area contributed by atoms with E-state index >= 15 is 0 Å². The first-order valence-corrected chi connectivity index (χ1v) is 8.45. The predicted molar refractivity (Wildman–Crippen MR) is 80.8 cm³/mol. The van der Waals surface area contributed by atoms with Crippen LogP contribution in [-0.2, 0) is 15.4 Å². The molecule has 26 heavy (non-hydrogen) atoms. The molecule has 3 rings (SSSR count). The third-order valence-corrected chi connectivity index (χ3v) is 5.95. The second kappa shape index (κ2) is 5.43. The molecule has 0 saturated carbocycles. The number of nitrogens with zero attached hydrogens (tertiary/aromatic N) is 1. The van der Waals surface area contributed by atoms with Gasteiger partial charge in [-0.15, -0.1) is 0 Å². The van der Waals surface area contributed by atoms with Crippen molar-refractivity contribution >= 4 is 15.5 Å². The van der Waals surface area contributed by atoms with Crippen LogP contribution in [0.25, 0.3) is 4.85 Å². The highest BCUT2D eigenvalue weighted by Crippen LogP contribution is 2.57. The van der Waals surface area contributed by atoms with Crippen LogP contribution >= 0.6 is 0 Å². The summed E-state index contributed by atoms with van der Waals surface area (Å²) in [5.74, 6) is -2.77. The highest BCUT2D eigenvalue weighted by atomic mass is 32.2. The number of hydrogen-bond donors (Lipinski definition) is 1. The minimum absolute atomic E-state index is 0.375. The second-order valence-electron chi connectivity index (χ2n) is 5.70. The van der Waals surface area contributed by atoms with E-state index in [2.05, 4.69) is 4.85 Å². The van der Waals surface area contributed by atoms with Crippen LogP contribution in [0.5, 0.6) is 11.5 Å². The first kappa shape index (κ1) is 18.2. The SMILES string of the molecule is [C-]#[N+]c1c(Oc2cc(F)cc(F)c2)ccc2c1C(C)(O)C(F)(F)S2(=O)=O. The molecule has 1 unspecified atom stereocenters. The Morgan fingerprint density at radius 2 is 1.73 bits per heavy atom. The van der Waals surface area contributed by atoms with Gasteiger partial charge in [-0.25, -0.2) is 22.0 Å². The molecule has 0 aromatic heterocycles. The first-order valence-electron chi connectivity index (χ1n) is 6.97. The third kappa shape index (κ3) is 2.28. The number of fused-ring (bicyclic) bond motifs is 1. The zero-order valence-electron chi connectivity index (χ0n) is 12.9. The van der Waals surface area contributed by atoms with Gasteiger partial charge in [0.25, 0.3) is 0 Å². The molecule has 1 N–H and O–H groups in total. The summed E-state index contributed by atoms with van der Waals surface area (Å²) in [5, 5.41) is 5.59. The Balaban J connectivity index is 2.24. The van der Waals surface area contributed by atoms with Crippen molar-refractivity contribution in [2.75, 3.05) is 0 Å². The molecule has 2 aromatic carbocycles. The summed E-state index contributed by atoms with van der Waals surface area (Å²) in [4.78, 5) is 2.08. The third-order valence-electron chi connectivity index (χ3n) is 3.96. The summed E-state index contributed by atoms with van der Waals surface area (Å²) in [6.07, 6.45) is 0. The average Bonchev–Trinajstić information content (AvgIpc) is 2.62. The number of halogens is 4. The number of benzene rings is 2. The van der Waals surface area contributed by atoms with Crippen LogP contribution in [0.2, 0.25) is 0 Å². The van der Waals surface area contributed by atoms with Gasteiger partial charge in [0.15, 0.2) is 5.60 Å². The van der Waals surface area contributed by atoms with Crippen molar-refractivity contribution in [2.45, 2.75) is 22.7 Å². The Hall–Kier alpha value is -2.64. The fraction of sp³-hybridized carbons (Fsp3) is 0.188. The molecule has 1 aliphatic rings. The topological polar surface area (TPSA) is 68.0 Å². The first-order chi connectivity index (χ1) is 11.9. The van der Waals surface area contributed by atoms with Crippen molar-refractivity contribution in [3.8, 4) is 11.5 Å². The molecule has 0 aliphatic carbocycles. The number of hydrogen-bond acceptors (Lipinski definition) is 4. The van der Waals surface area contributed by atoms with Gasteiger partial charge in [0, 0.05) is 23.8 Å². The molecule has 1 heterocycles. The minimum Gasteiger partial charge on any atom is -0.468 e. The molecule has 0 radical (unpaired) electrons. The number of alkyl halides is 2. The van der Waals surface area contributed by atoms with E-state index < -0.39 is 54.2 Å². The quantitative estimate of drug-likeness (QED) is 0.627. The Labute approximate surface area is 145 Å². The number of rotatable bonds is 2. The summed E-state index contributed by atoms with van der Waals surface area (Å²) in [6, 6.07) is 3.80. The van der Waals surface area contributed by atoms with Crippen molar-refractivity contribution in [1.82, 2.24) is 0 Å². The molecule has 10 heteroatoms. The normalized spacial score (nSPS) is 22.5. The highest BCUT2D eigenvalue weighted by Gasteiger charge is 2.68. The standard InChI is InChI=1S/C16H9F4NO4S/c1-15(22)13-12(26(23,24)16(15,19)20)4-3-11(14(13)21-2)25-10-6-8(17)5-9(18)7-10/h3-7,22H,1H3. The van der Waals surface area contributed by atoms with Crippen LogP contribution in [0, 0.1) is 18.2 Å². The van der Waals surface area contributed by atoms with E-state index in [1.165, 1.54) is 0 Å². The maximum Gasteiger partial charge on any atom is 0.380 e. The van der Waals surface area contributed by atoms with Gasteiger partial charge in [-0.2, -0.15) is 8.78 Å². The Bertz CT molecular complexity index is 1050. The lowest BCUT2D eigenvalue weighted by atomic mass is 9.94. The van der Waals surface area contributed by atoms with Gasteiger partial charge in [-0.3, -0.25) is 0 Å². The van der Waals surface area contributed by atoms with Crippen LogP contribution in [-0.4, -0.2) is 18.8 Å². The molecule has 0 amide bonds. The van der Waals surface area contributed by atoms with Crippen LogP contribution in [0.1, 0.15) is 12.5 Å². The molecule has 1 aliphatic heterocycles. The Kier molecular flexibility index (Phi) is 3.79. The summed E-state index contributed by atoms with van der Waals surface area (Å²) in [5.41, 5.74) is -4.71. The van der Waals surface area contributed by atoms with Crippen molar-refractivity contribution in [1.29, 1.82) is 0 Å². The maximum absolute atomic E-state index is 14.2. The van der Waals surface area contributed by atoms with E-state index in [4.69, 9.17) is 11.3 Å². The van der Waals surface area contributed by atoms with E-state index in [9.17, 15) is 31.1 Å². The zero-order valence-corrected chi connectivity index (χ0v) is 13.7. The smallest absolute Gasteiger partial charge is 0.380 e. The predicted octanol–water partition coefficient (Wildman–Crippen LogP) is 3.90. The van der Waals surface area contributed by atoms with Gasteiger partial charge in [-0.1, -0.05) is 0 Å². The number of ether oxygens (including phenoxy) is 1. The molecule has 0 spiro atoms. The van der Waals surface area contributed by atoms with Gasteiger partial charge in [0.2, 0.25) is 15.5 Å². The van der Waals surface area contributed by atoms with Crippen LogP contribution in [0.15, 0.2) is 35.2 Å². The molecule has 136 valence electrons. The monoisotopic (exact) mass is 387 g/mol. The van der Waals surface area contributed by atoms with E-state index in [0.717, 1.165) is 24.3 Å². The molecular weight excluding hydrogens is 378 g/mol. The van der Waals surface area contributed by atoms with Crippen molar-refractivity contribution in [3.05, 3.63) is 58.9 Å². The minimum atomic E-state index is -5.23. The molecule has 1 atom stereocenters. The molecular formula is C16H9F4NO4S. The lowest BCUT2D eigenvalue weighted by Crippen LogP contribution is -2.42.